The first-order valence-electron chi connectivity index (χ1n) is 13.1. The molecular formula is C15H21N3O. The molecule has 0 radical (unpaired) electrons. The lowest BCUT2D eigenvalue weighted by atomic mass is 10.1. The second-order valence-corrected chi connectivity index (χ2v) is 3.43. The number of rotatable bonds is 6. The van der Waals surface area contributed by atoms with Gasteiger partial charge in [-0.1, -0.05) is 30.2 Å². The average molecular weight is 275 g/mol. The van der Waals surface area contributed by atoms with Crippen LogP contribution in [-0.2, 0) is 11.7 Å². The Kier molecular flexibility index (Phi) is 1.34. The lowest BCUT2D eigenvalue weighted by Gasteiger charge is -2.20. The summed E-state index contributed by atoms with van der Waals surface area (Å²) < 4.78 is 132. The average Bonchev–Trinajstić information content (AvgIpc) is 2.99. The molecule has 1 atom stereocenters. The third-order valence-corrected chi connectivity index (χ3v) is 1.95. The van der Waals surface area contributed by atoms with E-state index in [0.29, 0.717) is 4.90 Å². The van der Waals surface area contributed by atoms with Crippen LogP contribution in [0.25, 0.3) is 0 Å². The van der Waals surface area contributed by atoms with Gasteiger partial charge in [0, 0.05) is 27.9 Å². The van der Waals surface area contributed by atoms with Crippen molar-refractivity contribution in [3.8, 4) is 0 Å². The largest absolute Gasteiger partial charge is 0.366 e. The zero-order valence-electron chi connectivity index (χ0n) is 26.0. The van der Waals surface area contributed by atoms with E-state index in [-0.39, 0.29) is 4.68 Å². The monoisotopic (exact) mass is 275 g/mol. The van der Waals surface area contributed by atoms with Crippen LogP contribution in [0.1, 0.15) is 39.3 Å². The smallest absolute Gasteiger partial charge is 0.124 e. The lowest BCUT2D eigenvalue weighted by molar-refractivity contribution is 0.0638. The summed E-state index contributed by atoms with van der Waals surface area (Å²) in [6.45, 7) is -10.2. The van der Waals surface area contributed by atoms with Crippen LogP contribution < -0.4 is 0 Å². The molecule has 0 saturated heterocycles. The molecule has 0 aliphatic rings. The Morgan fingerprint density at radius 1 is 1.53 bits per heavy atom. The molecule has 2 aromatic rings. The highest BCUT2D eigenvalue weighted by atomic mass is 16.5. The predicted octanol–water partition coefficient (Wildman–Crippen LogP) is 2.09. The number of hydrogen-bond donors (Lipinski definition) is 0. The third-order valence-electron chi connectivity index (χ3n) is 1.95. The van der Waals surface area contributed by atoms with Gasteiger partial charge in [0.2, 0.25) is 0 Å². The van der Waals surface area contributed by atoms with Crippen molar-refractivity contribution in [1.29, 1.82) is 0 Å². The van der Waals surface area contributed by atoms with Gasteiger partial charge >= 0.3 is 0 Å². The van der Waals surface area contributed by atoms with Crippen molar-refractivity contribution in [3.05, 3.63) is 53.7 Å². The maximum absolute atomic E-state index is 8.98. The number of hydrogen-bond acceptors (Lipinski definition) is 3. The van der Waals surface area contributed by atoms with E-state index in [4.69, 9.17) is 26.7 Å². The van der Waals surface area contributed by atoms with Gasteiger partial charge in [0.05, 0.1) is 26.0 Å². The van der Waals surface area contributed by atoms with Crippen molar-refractivity contribution in [1.82, 2.24) is 14.7 Å². The summed E-state index contributed by atoms with van der Waals surface area (Å²) in [5.74, 6) is 0. The van der Waals surface area contributed by atoms with Crippen molar-refractivity contribution in [2.45, 2.75) is 6.08 Å². The Bertz CT molecular complexity index is 1090. The maximum atomic E-state index is 8.98. The molecule has 4 nitrogen and oxygen atoms in total. The van der Waals surface area contributed by atoms with Crippen LogP contribution in [0.3, 0.4) is 0 Å². The Morgan fingerprint density at radius 2 is 2.37 bits per heavy atom. The number of benzene rings is 1. The fraction of sp³-hybridized carbons (Fsp3) is 0.400. The van der Waals surface area contributed by atoms with Crippen LogP contribution in [0.2, 0.25) is 0 Å². The van der Waals surface area contributed by atoms with Gasteiger partial charge in [-0.3, -0.25) is 4.68 Å². The minimum atomic E-state index is -3.36. The first kappa shape index (κ1) is 3.93. The minimum Gasteiger partial charge on any atom is -0.366 e. The molecular weight excluding hydrogens is 238 g/mol. The zero-order chi connectivity index (χ0) is 27.5. The van der Waals surface area contributed by atoms with Gasteiger partial charge in [0.1, 0.15) is 6.08 Å². The summed E-state index contributed by atoms with van der Waals surface area (Å²) in [5.41, 5.74) is -2.16. The summed E-state index contributed by atoms with van der Waals surface area (Å²) >= 11 is 0. The van der Waals surface area contributed by atoms with Crippen molar-refractivity contribution < 1.29 is 26.7 Å². The Labute approximate surface area is 137 Å². The van der Waals surface area contributed by atoms with Gasteiger partial charge in [0.25, 0.3) is 0 Å². The van der Waals surface area contributed by atoms with E-state index in [1.165, 1.54) is 0 Å². The van der Waals surface area contributed by atoms with Crippen molar-refractivity contribution >= 4 is 0 Å². The number of aryl methyl sites for hydroxylation is 1. The highest BCUT2D eigenvalue weighted by Gasteiger charge is 2.17. The Morgan fingerprint density at radius 3 is 3.11 bits per heavy atom. The predicted molar refractivity (Wildman–Crippen MR) is 76.0 cm³/mol. The third kappa shape index (κ3) is 3.66. The first-order chi connectivity index (χ1) is 15.6. The molecule has 0 saturated carbocycles. The number of nitrogens with zero attached hydrogens (tertiary/aromatic N) is 3. The summed E-state index contributed by atoms with van der Waals surface area (Å²) in [6.07, 6.45) is -4.33. The summed E-state index contributed by atoms with van der Waals surface area (Å²) in [7, 11) is 1.01. The standard InChI is InChI=1S/C15H21N3O/c1-17(2)11-12-19-15(13-7-5-4-6-8-13)14-9-10-16-18(14)3/h4-10,15H,11-12H2,1-3H3/i1D3,3D3,4D,5D,6D,7D,8D,9D,10D,12D2,15D. The summed E-state index contributed by atoms with van der Waals surface area (Å²) in [5, 5.41) is 3.38. The van der Waals surface area contributed by atoms with E-state index in [1.807, 2.05) is 0 Å². The number of likely N-dealkylation sites (N-methyl/N-ethyl adjacent to an activating group) is 1. The molecule has 4 heteroatoms. The molecule has 0 bridgehead atoms. The number of aromatic nitrogens is 2. The molecule has 102 valence electrons. The topological polar surface area (TPSA) is 30.3 Å². The van der Waals surface area contributed by atoms with Gasteiger partial charge in [-0.25, -0.2) is 0 Å². The van der Waals surface area contributed by atoms with Crippen molar-refractivity contribution in [3.63, 3.8) is 0 Å². The Hall–Kier alpha value is -1.65. The van der Waals surface area contributed by atoms with E-state index in [0.717, 1.165) is 7.05 Å². The molecule has 1 unspecified atom stereocenters. The molecule has 0 N–H and O–H groups in total. The normalized spacial score (nSPS) is 28.7. The van der Waals surface area contributed by atoms with Crippen LogP contribution >= 0.6 is 0 Å². The molecule has 0 aliphatic heterocycles. The molecule has 0 aliphatic carbocycles. The fourth-order valence-corrected chi connectivity index (χ4v) is 1.17. The molecule has 1 heterocycles. The van der Waals surface area contributed by atoms with E-state index >= 15 is 0 Å². The van der Waals surface area contributed by atoms with Gasteiger partial charge in [-0.15, -0.1) is 0 Å². The molecule has 2 rings (SSSR count). The lowest BCUT2D eigenvalue weighted by Crippen LogP contribution is -2.20. The van der Waals surface area contributed by atoms with E-state index in [2.05, 4.69) is 5.10 Å². The SMILES string of the molecule is [2H]c1nn(C([2H])([2H])[2H])c(C([2H])(OC([2H])([2H])CN(C)C([2H])([2H])[2H])c2c([2H])c([2H])c([2H])c([2H])c2[2H])c1[2H]. The van der Waals surface area contributed by atoms with E-state index in [9.17, 15) is 0 Å². The second kappa shape index (κ2) is 6.50. The van der Waals surface area contributed by atoms with Gasteiger partial charge in [-0.05, 0) is 25.6 Å². The van der Waals surface area contributed by atoms with Gasteiger partial charge in [-0.2, -0.15) is 5.10 Å². The molecule has 0 fully saturated rings. The van der Waals surface area contributed by atoms with Crippen LogP contribution in [-0.4, -0.2) is 41.8 Å². The van der Waals surface area contributed by atoms with Crippen LogP contribution in [0.5, 0.6) is 0 Å². The fourth-order valence-electron chi connectivity index (χ4n) is 1.17. The maximum Gasteiger partial charge on any atom is 0.124 e. The van der Waals surface area contributed by atoms with Gasteiger partial charge in [0.15, 0.2) is 0 Å². The van der Waals surface area contributed by atoms with E-state index in [1.54, 1.807) is 0 Å². The zero-order valence-corrected chi connectivity index (χ0v) is 9.96. The summed E-state index contributed by atoms with van der Waals surface area (Å²) in [4.78, 5) is 0.536. The van der Waals surface area contributed by atoms with Crippen molar-refractivity contribution in [2.24, 2.45) is 6.98 Å². The van der Waals surface area contributed by atoms with E-state index < -0.39 is 86.8 Å². The highest BCUT2D eigenvalue weighted by molar-refractivity contribution is 5.25. The van der Waals surface area contributed by atoms with Crippen LogP contribution in [0.15, 0.2) is 42.4 Å². The molecule has 1 aromatic carbocycles. The quantitative estimate of drug-likeness (QED) is 0.808. The van der Waals surface area contributed by atoms with Crippen LogP contribution in [0, 0.1) is 0 Å². The highest BCUT2D eigenvalue weighted by Crippen LogP contribution is 2.25. The number of ether oxygens (including phenoxy) is 1. The van der Waals surface area contributed by atoms with Crippen LogP contribution in [0.4, 0.5) is 0 Å². The summed E-state index contributed by atoms with van der Waals surface area (Å²) in [6, 6.07) is -5.95. The molecule has 0 amide bonds. The second-order valence-electron chi connectivity index (χ2n) is 3.43. The molecule has 0 spiro atoms. The molecule has 19 heavy (non-hydrogen) atoms. The first-order valence-corrected chi connectivity index (χ1v) is 5.12. The van der Waals surface area contributed by atoms with Crippen molar-refractivity contribution in [2.75, 3.05) is 27.1 Å². The van der Waals surface area contributed by atoms with Gasteiger partial charge < -0.3 is 9.64 Å². The molecule has 1 aromatic heterocycles. The minimum absolute atomic E-state index is 0.0367. The Balaban J connectivity index is 2.96.